The van der Waals surface area contributed by atoms with Crippen LogP contribution in [0.5, 0.6) is 0 Å². The Labute approximate surface area is 187 Å². The van der Waals surface area contributed by atoms with Crippen LogP contribution in [0.25, 0.3) is 12.2 Å². The molecule has 0 aromatic heterocycles. The van der Waals surface area contributed by atoms with Crippen LogP contribution in [0.4, 0.5) is 0 Å². The summed E-state index contributed by atoms with van der Waals surface area (Å²) >= 11 is 1.30. The molecule has 0 aliphatic heterocycles. The van der Waals surface area contributed by atoms with Crippen LogP contribution in [0, 0.1) is 23.0 Å². The predicted molar refractivity (Wildman–Crippen MR) is 120 cm³/mol. The normalized spacial score (nSPS) is 19.1. The second kappa shape index (κ2) is 9.45. The maximum atomic E-state index is 3.44. The summed E-state index contributed by atoms with van der Waals surface area (Å²) in [5.74, 6) is 0.924. The van der Waals surface area contributed by atoms with E-state index < -0.39 is 0 Å². The molecule has 0 saturated carbocycles. The van der Waals surface area contributed by atoms with Gasteiger partial charge in [0, 0.05) is 0 Å². The van der Waals surface area contributed by atoms with Crippen molar-refractivity contribution in [2.45, 2.75) is 53.4 Å². The number of hydrogen-bond acceptors (Lipinski definition) is 0. The number of benzene rings is 2. The SMILES string of the molecule is CC(C)(C)C1[C-]=Cc2ccccc21.CC(C)(C)C1[C-]=Cc2ccccc21.[CH2]=[Zr+2]. The van der Waals surface area contributed by atoms with Crippen molar-refractivity contribution >= 4 is 16.4 Å². The molecule has 2 aromatic rings. The van der Waals surface area contributed by atoms with Crippen molar-refractivity contribution < 1.29 is 24.2 Å². The van der Waals surface area contributed by atoms with Gasteiger partial charge in [0.25, 0.3) is 0 Å². The van der Waals surface area contributed by atoms with Crippen molar-refractivity contribution in [3.63, 3.8) is 0 Å². The van der Waals surface area contributed by atoms with Crippen molar-refractivity contribution in [3.05, 3.63) is 82.9 Å². The van der Waals surface area contributed by atoms with Crippen LogP contribution in [0.1, 0.15) is 75.6 Å². The van der Waals surface area contributed by atoms with E-state index in [1.807, 2.05) is 0 Å². The topological polar surface area (TPSA) is 0 Å². The minimum absolute atomic E-state index is 0.281. The molecule has 0 radical (unpaired) electrons. The molecule has 2 aliphatic carbocycles. The molecular weight excluding hydrogens is 416 g/mol. The summed E-state index contributed by atoms with van der Waals surface area (Å²) in [6, 6.07) is 17.1. The summed E-state index contributed by atoms with van der Waals surface area (Å²) in [5, 5.41) is 0. The summed E-state index contributed by atoms with van der Waals surface area (Å²) in [6.45, 7) is 13.6. The molecule has 0 saturated heterocycles. The number of fused-ring (bicyclic) bond motifs is 2. The van der Waals surface area contributed by atoms with Gasteiger partial charge in [-0.1, -0.05) is 89.8 Å². The van der Waals surface area contributed by atoms with E-state index in [9.17, 15) is 0 Å². The molecule has 4 rings (SSSR count). The fourth-order valence-corrected chi connectivity index (χ4v) is 3.77. The van der Waals surface area contributed by atoms with Gasteiger partial charge in [-0.15, -0.1) is 23.3 Å². The second-order valence-electron chi connectivity index (χ2n) is 9.48. The van der Waals surface area contributed by atoms with Crippen LogP contribution in [0.2, 0.25) is 0 Å². The van der Waals surface area contributed by atoms with Gasteiger partial charge in [0.15, 0.2) is 0 Å². The molecule has 2 atom stereocenters. The summed E-state index contributed by atoms with van der Waals surface area (Å²) in [4.78, 5) is 0. The Morgan fingerprint density at radius 3 is 1.29 bits per heavy atom. The van der Waals surface area contributed by atoms with Gasteiger partial charge >= 0.3 is 28.4 Å². The standard InChI is InChI=1S/2C13H15.CH2.Zr/c2*1-13(2,3)12-9-8-10-6-4-5-7-11(10)12;;/h2*4-8,12H,1-3H3;1H2;/q2*-1;;+2. The third kappa shape index (κ3) is 5.38. The Hall–Kier alpha value is -1.33. The average molecular weight is 448 g/mol. The summed E-state index contributed by atoms with van der Waals surface area (Å²) < 4.78 is 3.34. The Kier molecular flexibility index (Phi) is 7.75. The number of allylic oxidation sites excluding steroid dienone is 2. The fourth-order valence-electron chi connectivity index (χ4n) is 3.77. The van der Waals surface area contributed by atoms with Crippen LogP contribution < -0.4 is 0 Å². The van der Waals surface area contributed by atoms with Gasteiger partial charge in [-0.05, 0) is 10.8 Å². The van der Waals surface area contributed by atoms with E-state index in [4.69, 9.17) is 0 Å². The Morgan fingerprint density at radius 2 is 0.964 bits per heavy atom. The average Bonchev–Trinajstić information content (AvgIpc) is 3.27. The van der Waals surface area contributed by atoms with Gasteiger partial charge in [0.2, 0.25) is 0 Å². The molecule has 2 aromatic carbocycles. The van der Waals surface area contributed by atoms with E-state index in [-0.39, 0.29) is 10.8 Å². The van der Waals surface area contributed by atoms with E-state index >= 15 is 0 Å². The van der Waals surface area contributed by atoms with Crippen molar-refractivity contribution in [1.29, 1.82) is 0 Å². The van der Waals surface area contributed by atoms with Crippen molar-refractivity contribution in [3.8, 4) is 0 Å². The monoisotopic (exact) mass is 446 g/mol. The molecule has 0 heterocycles. The molecule has 2 unspecified atom stereocenters. The van der Waals surface area contributed by atoms with Crippen molar-refractivity contribution in [2.24, 2.45) is 10.8 Å². The zero-order valence-corrected chi connectivity index (χ0v) is 20.6. The second-order valence-corrected chi connectivity index (χ2v) is 9.48. The molecule has 144 valence electrons. The van der Waals surface area contributed by atoms with Gasteiger partial charge in [0.05, 0.1) is 0 Å². The molecule has 0 N–H and O–H groups in total. The first kappa shape index (κ1) is 23.0. The summed E-state index contributed by atoms with van der Waals surface area (Å²) in [7, 11) is 0. The first-order valence-corrected chi connectivity index (χ1v) is 11.6. The van der Waals surface area contributed by atoms with Crippen LogP contribution in [-0.2, 0) is 24.2 Å². The fraction of sp³-hybridized carbons (Fsp3) is 0.370. The molecule has 0 spiro atoms. The molecule has 1 heteroatoms. The third-order valence-corrected chi connectivity index (χ3v) is 5.16. The van der Waals surface area contributed by atoms with Crippen LogP contribution in [0.3, 0.4) is 0 Å². The summed E-state index contributed by atoms with van der Waals surface area (Å²) in [6.07, 6.45) is 11.1. The van der Waals surface area contributed by atoms with E-state index in [0.717, 1.165) is 0 Å². The van der Waals surface area contributed by atoms with E-state index in [1.54, 1.807) is 0 Å². The quantitative estimate of drug-likeness (QED) is 0.373. The van der Waals surface area contributed by atoms with Crippen molar-refractivity contribution in [2.75, 3.05) is 0 Å². The molecule has 2 aliphatic rings. The van der Waals surface area contributed by atoms with E-state index in [2.05, 4.69) is 119 Å². The Bertz CT molecular complexity index is 772. The van der Waals surface area contributed by atoms with Gasteiger partial charge in [-0.2, -0.15) is 11.1 Å². The zero-order valence-electron chi connectivity index (χ0n) is 18.1. The Morgan fingerprint density at radius 1 is 0.643 bits per heavy atom. The number of rotatable bonds is 0. The Balaban J connectivity index is 0.000000184. The number of hydrogen-bond donors (Lipinski definition) is 0. The minimum atomic E-state index is 0.281. The first-order chi connectivity index (χ1) is 13.2. The molecule has 28 heavy (non-hydrogen) atoms. The zero-order chi connectivity index (χ0) is 20.9. The van der Waals surface area contributed by atoms with E-state index in [1.165, 1.54) is 46.5 Å². The van der Waals surface area contributed by atoms with Crippen LogP contribution >= 0.6 is 0 Å². The molecule has 0 bridgehead atoms. The van der Waals surface area contributed by atoms with E-state index in [0.29, 0.717) is 11.8 Å². The van der Waals surface area contributed by atoms with Crippen molar-refractivity contribution in [1.82, 2.24) is 0 Å². The van der Waals surface area contributed by atoms with Gasteiger partial charge in [0.1, 0.15) is 0 Å². The van der Waals surface area contributed by atoms with Gasteiger partial charge in [-0.3, -0.25) is 12.2 Å². The van der Waals surface area contributed by atoms with Gasteiger partial charge < -0.3 is 0 Å². The molecule has 0 amide bonds. The first-order valence-electron chi connectivity index (χ1n) is 9.90. The maximum absolute atomic E-state index is 3.44. The molecule has 0 fully saturated rings. The van der Waals surface area contributed by atoms with Crippen LogP contribution in [0.15, 0.2) is 48.5 Å². The molecular formula is C27H32Zr. The predicted octanol–water partition coefficient (Wildman–Crippen LogP) is 7.26. The summed E-state index contributed by atoms with van der Waals surface area (Å²) in [5.41, 5.74) is 6.08. The third-order valence-electron chi connectivity index (χ3n) is 5.16. The van der Waals surface area contributed by atoms with Crippen LogP contribution in [-0.4, -0.2) is 4.21 Å². The van der Waals surface area contributed by atoms with Gasteiger partial charge in [-0.25, -0.2) is 12.2 Å². The molecule has 0 nitrogen and oxygen atoms in total.